The summed E-state index contributed by atoms with van der Waals surface area (Å²) in [5, 5.41) is 6.10. The molecule has 3 heterocycles. The van der Waals surface area contributed by atoms with Gasteiger partial charge in [0, 0.05) is 23.0 Å². The summed E-state index contributed by atoms with van der Waals surface area (Å²) in [6.45, 7) is 2.88. The van der Waals surface area contributed by atoms with Gasteiger partial charge in [-0.2, -0.15) is 0 Å². The van der Waals surface area contributed by atoms with E-state index < -0.39 is 11.5 Å². The number of anilines is 2. The number of benzene rings is 2. The Bertz CT molecular complexity index is 923. The molecule has 0 aromatic heterocycles. The van der Waals surface area contributed by atoms with Crippen molar-refractivity contribution >= 4 is 23.2 Å². The van der Waals surface area contributed by atoms with Crippen LogP contribution in [0.1, 0.15) is 30.4 Å². The molecular weight excluding hydrogens is 338 g/mol. The Balaban J connectivity index is 1.56. The van der Waals surface area contributed by atoms with Crippen molar-refractivity contribution in [2.45, 2.75) is 37.8 Å². The fourth-order valence-corrected chi connectivity index (χ4v) is 5.25. The van der Waals surface area contributed by atoms with Crippen LogP contribution in [0.15, 0.2) is 48.5 Å². The molecule has 138 valence electrons. The van der Waals surface area contributed by atoms with Gasteiger partial charge in [-0.25, -0.2) is 0 Å². The van der Waals surface area contributed by atoms with Gasteiger partial charge in [-0.15, -0.1) is 0 Å². The van der Waals surface area contributed by atoms with Gasteiger partial charge in [0.05, 0.1) is 5.92 Å². The van der Waals surface area contributed by atoms with Crippen molar-refractivity contribution in [3.63, 3.8) is 0 Å². The van der Waals surface area contributed by atoms with E-state index in [1.54, 1.807) is 0 Å². The lowest BCUT2D eigenvalue weighted by atomic mass is 9.78. The van der Waals surface area contributed by atoms with Gasteiger partial charge in [0.2, 0.25) is 11.8 Å². The van der Waals surface area contributed by atoms with Crippen LogP contribution in [0, 0.1) is 12.8 Å². The Kier molecular flexibility index (Phi) is 3.62. The van der Waals surface area contributed by atoms with Gasteiger partial charge < -0.3 is 10.6 Å². The largest absolute Gasteiger partial charge is 0.326 e. The molecule has 2 fully saturated rings. The summed E-state index contributed by atoms with van der Waals surface area (Å²) in [5.74, 6) is -0.523. The van der Waals surface area contributed by atoms with Crippen LogP contribution in [0.2, 0.25) is 0 Å². The van der Waals surface area contributed by atoms with E-state index in [1.165, 1.54) is 0 Å². The van der Waals surface area contributed by atoms with Crippen molar-refractivity contribution in [1.82, 2.24) is 4.90 Å². The van der Waals surface area contributed by atoms with Gasteiger partial charge in [-0.05, 0) is 50.9 Å². The molecule has 5 heteroatoms. The highest BCUT2D eigenvalue weighted by Gasteiger charge is 2.65. The minimum atomic E-state index is -0.882. The number of carbonyl (C=O) groups excluding carboxylic acids is 2. The SMILES string of the molecule is Cc1ccc(NC(=O)C2CC3CCCN3C23C(=O)Nc2ccccc23)cc1. The maximum absolute atomic E-state index is 13.3. The predicted molar refractivity (Wildman–Crippen MR) is 104 cm³/mol. The number of hydrogen-bond donors (Lipinski definition) is 2. The first kappa shape index (κ1) is 16.5. The standard InChI is InChI=1S/C22H23N3O2/c1-14-8-10-15(11-9-14)23-20(26)18-13-16-5-4-12-25(16)22(18)17-6-2-3-7-19(17)24-21(22)27/h2-3,6-11,16,18H,4-5,12-13H2,1H3,(H,23,26)(H,24,27). The number of aryl methyl sites for hydroxylation is 1. The quantitative estimate of drug-likeness (QED) is 0.863. The van der Waals surface area contributed by atoms with E-state index in [0.29, 0.717) is 0 Å². The predicted octanol–water partition coefficient (Wildman–Crippen LogP) is 3.27. The second-order valence-corrected chi connectivity index (χ2v) is 7.90. The van der Waals surface area contributed by atoms with Crippen LogP contribution in [0.3, 0.4) is 0 Å². The lowest BCUT2D eigenvalue weighted by molar-refractivity contribution is -0.135. The van der Waals surface area contributed by atoms with Gasteiger partial charge in [0.25, 0.3) is 0 Å². The van der Waals surface area contributed by atoms with Crippen molar-refractivity contribution in [3.05, 3.63) is 59.7 Å². The van der Waals surface area contributed by atoms with E-state index in [9.17, 15) is 9.59 Å². The minimum absolute atomic E-state index is 0.0582. The number of nitrogens with zero attached hydrogens (tertiary/aromatic N) is 1. The molecule has 2 aromatic carbocycles. The van der Waals surface area contributed by atoms with Crippen molar-refractivity contribution in [3.8, 4) is 0 Å². The zero-order valence-corrected chi connectivity index (χ0v) is 15.4. The summed E-state index contributed by atoms with van der Waals surface area (Å²) in [6.07, 6.45) is 2.85. The van der Waals surface area contributed by atoms with E-state index in [4.69, 9.17) is 0 Å². The van der Waals surface area contributed by atoms with Crippen LogP contribution >= 0.6 is 0 Å². The van der Waals surface area contributed by atoms with Crippen LogP contribution in [0.5, 0.6) is 0 Å². The molecule has 0 bridgehead atoms. The Morgan fingerprint density at radius 1 is 1.19 bits per heavy atom. The first-order valence-electron chi connectivity index (χ1n) is 9.66. The monoisotopic (exact) mass is 361 g/mol. The number of carbonyl (C=O) groups is 2. The topological polar surface area (TPSA) is 61.4 Å². The number of fused-ring (bicyclic) bond motifs is 4. The van der Waals surface area contributed by atoms with Gasteiger partial charge in [-0.1, -0.05) is 35.9 Å². The maximum Gasteiger partial charge on any atom is 0.250 e. The molecule has 0 aliphatic carbocycles. The molecule has 1 spiro atoms. The fraction of sp³-hybridized carbons (Fsp3) is 0.364. The normalized spacial score (nSPS) is 28.9. The van der Waals surface area contributed by atoms with Crippen molar-refractivity contribution < 1.29 is 9.59 Å². The van der Waals surface area contributed by atoms with Crippen LogP contribution in [0.4, 0.5) is 11.4 Å². The Morgan fingerprint density at radius 2 is 1.96 bits per heavy atom. The Hall–Kier alpha value is -2.66. The molecule has 3 atom stereocenters. The average Bonchev–Trinajstić information content (AvgIpc) is 3.32. The number of amides is 2. The fourth-order valence-electron chi connectivity index (χ4n) is 5.25. The number of para-hydroxylation sites is 1. The maximum atomic E-state index is 13.3. The van der Waals surface area contributed by atoms with E-state index in [0.717, 1.165) is 48.3 Å². The summed E-state index contributed by atoms with van der Waals surface area (Å²) < 4.78 is 0. The molecule has 27 heavy (non-hydrogen) atoms. The van der Waals surface area contributed by atoms with Gasteiger partial charge in [0.15, 0.2) is 0 Å². The molecular formula is C22H23N3O2. The lowest BCUT2D eigenvalue weighted by Gasteiger charge is -2.36. The molecule has 2 aromatic rings. The van der Waals surface area contributed by atoms with Gasteiger partial charge in [-0.3, -0.25) is 14.5 Å². The second kappa shape index (κ2) is 5.92. The van der Waals surface area contributed by atoms with Crippen LogP contribution in [-0.4, -0.2) is 29.3 Å². The van der Waals surface area contributed by atoms with Crippen molar-refractivity contribution in [1.29, 1.82) is 0 Å². The zero-order valence-electron chi connectivity index (χ0n) is 15.4. The third-order valence-corrected chi connectivity index (χ3v) is 6.41. The molecule has 5 nitrogen and oxygen atoms in total. The van der Waals surface area contributed by atoms with Gasteiger partial charge >= 0.3 is 0 Å². The van der Waals surface area contributed by atoms with E-state index in [1.807, 2.05) is 55.5 Å². The van der Waals surface area contributed by atoms with Crippen LogP contribution < -0.4 is 10.6 Å². The van der Waals surface area contributed by atoms with E-state index >= 15 is 0 Å². The number of nitrogens with one attached hydrogen (secondary N) is 2. The molecule has 3 unspecified atom stereocenters. The molecule has 3 aliphatic heterocycles. The molecule has 2 N–H and O–H groups in total. The highest BCUT2D eigenvalue weighted by atomic mass is 16.2. The summed E-state index contributed by atoms with van der Waals surface area (Å²) in [5.41, 5.74) is 2.83. The summed E-state index contributed by atoms with van der Waals surface area (Å²) >= 11 is 0. The van der Waals surface area contributed by atoms with E-state index in [-0.39, 0.29) is 17.9 Å². The summed E-state index contributed by atoms with van der Waals surface area (Å²) in [7, 11) is 0. The molecule has 0 radical (unpaired) electrons. The third-order valence-electron chi connectivity index (χ3n) is 6.41. The smallest absolute Gasteiger partial charge is 0.250 e. The van der Waals surface area contributed by atoms with Crippen LogP contribution in [0.25, 0.3) is 0 Å². The van der Waals surface area contributed by atoms with E-state index in [2.05, 4.69) is 15.5 Å². The first-order valence-corrected chi connectivity index (χ1v) is 9.66. The Morgan fingerprint density at radius 3 is 2.78 bits per heavy atom. The van der Waals surface area contributed by atoms with Crippen LogP contribution in [-0.2, 0) is 15.1 Å². The minimum Gasteiger partial charge on any atom is -0.326 e. The number of rotatable bonds is 2. The highest BCUT2D eigenvalue weighted by molar-refractivity contribution is 6.10. The summed E-state index contributed by atoms with van der Waals surface area (Å²) in [4.78, 5) is 28.9. The second-order valence-electron chi connectivity index (χ2n) is 7.90. The van der Waals surface area contributed by atoms with Gasteiger partial charge in [0.1, 0.15) is 5.54 Å². The molecule has 0 saturated carbocycles. The lowest BCUT2D eigenvalue weighted by Crippen LogP contribution is -2.53. The summed E-state index contributed by atoms with van der Waals surface area (Å²) in [6, 6.07) is 15.9. The van der Waals surface area contributed by atoms with Crippen molar-refractivity contribution in [2.24, 2.45) is 5.92 Å². The third kappa shape index (κ3) is 2.28. The zero-order chi connectivity index (χ0) is 18.6. The Labute approximate surface area is 158 Å². The first-order chi connectivity index (χ1) is 13.1. The highest BCUT2D eigenvalue weighted by Crippen LogP contribution is 2.55. The molecule has 5 rings (SSSR count). The number of hydrogen-bond acceptors (Lipinski definition) is 3. The van der Waals surface area contributed by atoms with Crippen molar-refractivity contribution in [2.75, 3.05) is 17.2 Å². The molecule has 3 aliphatic rings. The average molecular weight is 361 g/mol. The molecule has 2 amide bonds. The molecule has 2 saturated heterocycles.